The maximum Gasteiger partial charge on any atom is 0.416 e. The van der Waals surface area contributed by atoms with Gasteiger partial charge in [0.05, 0.1) is 5.56 Å². The van der Waals surface area contributed by atoms with Gasteiger partial charge < -0.3 is 10.3 Å². The Kier molecular flexibility index (Phi) is 4.11. The Bertz CT molecular complexity index is 708. The number of aromatic amines is 1. The lowest BCUT2D eigenvalue weighted by Gasteiger charge is -2.13. The van der Waals surface area contributed by atoms with Crippen molar-refractivity contribution in [2.45, 2.75) is 12.7 Å². The molecule has 7 heteroatoms. The molecule has 0 saturated heterocycles. The average Bonchev–Trinajstić information content (AvgIpc) is 2.44. The van der Waals surface area contributed by atoms with E-state index in [1.165, 1.54) is 36.7 Å². The Labute approximate surface area is 117 Å². The van der Waals surface area contributed by atoms with Gasteiger partial charge in [-0.05, 0) is 11.6 Å². The quantitative estimate of drug-likeness (QED) is 0.913. The van der Waals surface area contributed by atoms with Crippen LogP contribution in [-0.4, -0.2) is 10.9 Å². The molecule has 0 fully saturated rings. The highest BCUT2D eigenvalue weighted by molar-refractivity contribution is 5.93. The summed E-state index contributed by atoms with van der Waals surface area (Å²) in [7, 11) is 0. The fraction of sp³-hybridized carbons (Fsp3) is 0.143. The van der Waals surface area contributed by atoms with Crippen molar-refractivity contribution in [1.29, 1.82) is 0 Å². The number of aromatic nitrogens is 1. The van der Waals surface area contributed by atoms with Gasteiger partial charge in [0, 0.05) is 25.0 Å². The number of rotatable bonds is 3. The first-order valence-electron chi connectivity index (χ1n) is 6.00. The van der Waals surface area contributed by atoms with Crippen molar-refractivity contribution < 1.29 is 18.0 Å². The van der Waals surface area contributed by atoms with Crippen molar-refractivity contribution in [3.8, 4) is 0 Å². The largest absolute Gasteiger partial charge is 0.416 e. The Morgan fingerprint density at radius 2 is 1.90 bits per heavy atom. The second-order valence-corrected chi connectivity index (χ2v) is 4.26. The van der Waals surface area contributed by atoms with Crippen LogP contribution in [0.15, 0.2) is 47.5 Å². The topological polar surface area (TPSA) is 62.0 Å². The molecule has 1 amide bonds. The highest BCUT2D eigenvalue weighted by Crippen LogP contribution is 2.31. The van der Waals surface area contributed by atoms with E-state index in [2.05, 4.69) is 10.3 Å². The van der Waals surface area contributed by atoms with Crippen LogP contribution in [-0.2, 0) is 12.7 Å². The summed E-state index contributed by atoms with van der Waals surface area (Å²) < 4.78 is 38.4. The Morgan fingerprint density at radius 1 is 1.19 bits per heavy atom. The van der Waals surface area contributed by atoms with Crippen LogP contribution >= 0.6 is 0 Å². The summed E-state index contributed by atoms with van der Waals surface area (Å²) in [6.45, 7) is -0.317. The van der Waals surface area contributed by atoms with Crippen molar-refractivity contribution in [2.75, 3.05) is 0 Å². The number of pyridine rings is 1. The summed E-state index contributed by atoms with van der Waals surface area (Å²) in [5.41, 5.74) is -1.53. The standard InChI is InChI=1S/C14H11F3N2O2/c15-14(16,17)11-4-2-1-3-9(11)7-19-13(21)10-8-18-6-5-12(10)20/h1-6,8H,7H2,(H,18,20)(H,19,21). The van der Waals surface area contributed by atoms with Gasteiger partial charge in [0.15, 0.2) is 5.43 Å². The van der Waals surface area contributed by atoms with Crippen LogP contribution < -0.4 is 10.7 Å². The molecule has 0 spiro atoms. The Hall–Kier alpha value is -2.57. The normalized spacial score (nSPS) is 11.2. The smallest absolute Gasteiger partial charge is 0.367 e. The van der Waals surface area contributed by atoms with E-state index in [-0.39, 0.29) is 17.7 Å². The maximum absolute atomic E-state index is 12.8. The van der Waals surface area contributed by atoms with Crippen molar-refractivity contribution in [3.63, 3.8) is 0 Å². The molecule has 0 radical (unpaired) electrons. The third-order valence-corrected chi connectivity index (χ3v) is 2.83. The van der Waals surface area contributed by atoms with Crippen LogP contribution in [0.25, 0.3) is 0 Å². The molecule has 2 rings (SSSR count). The first-order valence-corrected chi connectivity index (χ1v) is 6.00. The molecule has 0 unspecified atom stereocenters. The summed E-state index contributed by atoms with van der Waals surface area (Å²) in [5, 5.41) is 2.31. The highest BCUT2D eigenvalue weighted by Gasteiger charge is 2.32. The fourth-order valence-corrected chi connectivity index (χ4v) is 1.82. The zero-order chi connectivity index (χ0) is 15.5. The third-order valence-electron chi connectivity index (χ3n) is 2.83. The van der Waals surface area contributed by atoms with E-state index >= 15 is 0 Å². The number of halogens is 3. The minimum atomic E-state index is -4.49. The highest BCUT2D eigenvalue weighted by atomic mass is 19.4. The fourth-order valence-electron chi connectivity index (χ4n) is 1.82. The number of alkyl halides is 3. The van der Waals surface area contributed by atoms with Crippen LogP contribution in [0, 0.1) is 0 Å². The van der Waals surface area contributed by atoms with Crippen molar-refractivity contribution in [1.82, 2.24) is 10.3 Å². The lowest BCUT2D eigenvalue weighted by molar-refractivity contribution is -0.138. The van der Waals surface area contributed by atoms with Gasteiger partial charge in [-0.2, -0.15) is 13.2 Å². The Balaban J connectivity index is 2.16. The van der Waals surface area contributed by atoms with E-state index < -0.39 is 23.1 Å². The summed E-state index contributed by atoms with van der Waals surface area (Å²) in [5.74, 6) is -0.728. The molecule has 21 heavy (non-hydrogen) atoms. The lowest BCUT2D eigenvalue weighted by atomic mass is 10.1. The summed E-state index contributed by atoms with van der Waals surface area (Å²) in [4.78, 5) is 25.8. The summed E-state index contributed by atoms with van der Waals surface area (Å²) >= 11 is 0. The van der Waals surface area contributed by atoms with E-state index in [4.69, 9.17) is 0 Å². The molecular formula is C14H11F3N2O2. The van der Waals surface area contributed by atoms with Gasteiger partial charge >= 0.3 is 6.18 Å². The number of nitrogens with one attached hydrogen (secondary N) is 2. The average molecular weight is 296 g/mol. The number of benzene rings is 1. The van der Waals surface area contributed by atoms with Gasteiger partial charge in [-0.1, -0.05) is 18.2 Å². The van der Waals surface area contributed by atoms with Crippen LogP contribution in [0.4, 0.5) is 13.2 Å². The zero-order valence-electron chi connectivity index (χ0n) is 10.7. The van der Waals surface area contributed by atoms with Gasteiger partial charge in [-0.3, -0.25) is 9.59 Å². The second kappa shape index (κ2) is 5.82. The van der Waals surface area contributed by atoms with Crippen LogP contribution in [0.1, 0.15) is 21.5 Å². The number of H-pyrrole nitrogens is 1. The van der Waals surface area contributed by atoms with E-state index in [0.717, 1.165) is 6.07 Å². The molecule has 0 bridgehead atoms. The molecule has 0 aliphatic heterocycles. The van der Waals surface area contributed by atoms with Gasteiger partial charge in [0.2, 0.25) is 0 Å². The van der Waals surface area contributed by atoms with Crippen LogP contribution in [0.2, 0.25) is 0 Å². The van der Waals surface area contributed by atoms with E-state index in [9.17, 15) is 22.8 Å². The minimum absolute atomic E-state index is 0.0642. The molecule has 0 aliphatic carbocycles. The molecule has 0 aliphatic rings. The first-order chi connectivity index (χ1) is 9.89. The van der Waals surface area contributed by atoms with Crippen LogP contribution in [0.5, 0.6) is 0 Å². The molecule has 4 nitrogen and oxygen atoms in total. The first kappa shape index (κ1) is 14.8. The third kappa shape index (κ3) is 3.50. The minimum Gasteiger partial charge on any atom is -0.367 e. The maximum atomic E-state index is 12.8. The number of amides is 1. The molecule has 1 aromatic carbocycles. The molecule has 0 saturated carbocycles. The number of carbonyl (C=O) groups excluding carboxylic acids is 1. The number of hydrogen-bond acceptors (Lipinski definition) is 2. The molecule has 1 aromatic heterocycles. The van der Waals surface area contributed by atoms with Crippen molar-refractivity contribution >= 4 is 5.91 Å². The Morgan fingerprint density at radius 3 is 2.57 bits per heavy atom. The van der Waals surface area contributed by atoms with Gasteiger partial charge in [-0.15, -0.1) is 0 Å². The number of hydrogen-bond donors (Lipinski definition) is 2. The monoisotopic (exact) mass is 296 g/mol. The van der Waals surface area contributed by atoms with Crippen LogP contribution in [0.3, 0.4) is 0 Å². The lowest BCUT2D eigenvalue weighted by Crippen LogP contribution is -2.28. The van der Waals surface area contributed by atoms with Gasteiger partial charge in [0.1, 0.15) is 5.56 Å². The summed E-state index contributed by atoms with van der Waals surface area (Å²) in [6.07, 6.45) is -1.93. The molecular weight excluding hydrogens is 285 g/mol. The summed E-state index contributed by atoms with van der Waals surface area (Å²) in [6, 6.07) is 6.11. The molecule has 0 atom stereocenters. The van der Waals surface area contributed by atoms with Crippen molar-refractivity contribution in [3.05, 3.63) is 69.6 Å². The molecule has 110 valence electrons. The van der Waals surface area contributed by atoms with Gasteiger partial charge in [0.25, 0.3) is 5.91 Å². The van der Waals surface area contributed by atoms with E-state index in [0.29, 0.717) is 0 Å². The predicted molar refractivity (Wildman–Crippen MR) is 69.7 cm³/mol. The molecule has 1 heterocycles. The molecule has 2 aromatic rings. The number of carbonyl (C=O) groups is 1. The zero-order valence-corrected chi connectivity index (χ0v) is 10.7. The molecule has 2 N–H and O–H groups in total. The van der Waals surface area contributed by atoms with E-state index in [1.54, 1.807) is 0 Å². The van der Waals surface area contributed by atoms with E-state index in [1.807, 2.05) is 0 Å². The van der Waals surface area contributed by atoms with Gasteiger partial charge in [-0.25, -0.2) is 0 Å². The van der Waals surface area contributed by atoms with Crippen molar-refractivity contribution in [2.24, 2.45) is 0 Å². The predicted octanol–water partition coefficient (Wildman–Crippen LogP) is 2.32. The SMILES string of the molecule is O=C(NCc1ccccc1C(F)(F)F)c1c[nH]ccc1=O. The second-order valence-electron chi connectivity index (χ2n) is 4.26.